The summed E-state index contributed by atoms with van der Waals surface area (Å²) in [7, 11) is 0. The summed E-state index contributed by atoms with van der Waals surface area (Å²) >= 11 is 1.97. The lowest BCUT2D eigenvalue weighted by Crippen LogP contribution is -2.52. The number of rotatable bonds is 5. The summed E-state index contributed by atoms with van der Waals surface area (Å²) in [4.78, 5) is 26.5. The zero-order chi connectivity index (χ0) is 18.1. The Morgan fingerprint density at radius 3 is 2.92 bits per heavy atom. The predicted molar refractivity (Wildman–Crippen MR) is 105 cm³/mol. The number of nitrogens with one attached hydrogen (secondary N) is 2. The van der Waals surface area contributed by atoms with Gasteiger partial charge in [0.15, 0.2) is 0 Å². The van der Waals surface area contributed by atoms with Crippen molar-refractivity contribution in [2.24, 2.45) is 11.8 Å². The van der Waals surface area contributed by atoms with E-state index in [0.29, 0.717) is 29.7 Å². The number of thioether (sulfide) groups is 1. The molecule has 6 heteroatoms. The molecule has 3 amide bonds. The smallest absolute Gasteiger partial charge is 0.315 e. The first-order valence-corrected chi connectivity index (χ1v) is 11.7. The molecule has 0 aromatic heterocycles. The molecule has 0 aromatic carbocycles. The van der Waals surface area contributed by atoms with Gasteiger partial charge in [-0.2, -0.15) is 11.8 Å². The van der Waals surface area contributed by atoms with Gasteiger partial charge in [-0.1, -0.05) is 26.2 Å². The molecule has 4 aliphatic rings. The summed E-state index contributed by atoms with van der Waals surface area (Å²) in [5, 5.41) is 6.56. The van der Waals surface area contributed by atoms with Gasteiger partial charge in [0.25, 0.3) is 0 Å². The molecule has 1 aliphatic carbocycles. The van der Waals surface area contributed by atoms with Crippen LogP contribution in [0.15, 0.2) is 0 Å². The number of nitrogens with zero attached hydrogens (tertiary/aromatic N) is 1. The van der Waals surface area contributed by atoms with Gasteiger partial charge >= 0.3 is 6.03 Å². The number of unbranched alkanes of at least 4 members (excludes halogenated alkanes) is 1. The third-order valence-electron chi connectivity index (χ3n) is 7.13. The van der Waals surface area contributed by atoms with Crippen LogP contribution in [-0.2, 0) is 4.79 Å². The van der Waals surface area contributed by atoms with Crippen molar-refractivity contribution in [3.05, 3.63) is 0 Å². The maximum absolute atomic E-state index is 12.8. The first-order chi connectivity index (χ1) is 12.6. The number of amides is 3. The lowest BCUT2D eigenvalue weighted by Gasteiger charge is -2.47. The number of likely N-dealkylation sites (tertiary alicyclic amines) is 1. The molecule has 3 unspecified atom stereocenters. The summed E-state index contributed by atoms with van der Waals surface area (Å²) in [6.07, 6.45) is 10.2. The van der Waals surface area contributed by atoms with Gasteiger partial charge in [0.05, 0.1) is 12.1 Å². The average molecular weight is 380 g/mol. The Labute approximate surface area is 161 Å². The first kappa shape index (κ1) is 18.5. The van der Waals surface area contributed by atoms with E-state index in [1.807, 2.05) is 11.8 Å². The number of hydrogen-bond donors (Lipinski definition) is 2. The van der Waals surface area contributed by atoms with E-state index in [1.54, 1.807) is 0 Å². The molecule has 1 saturated carbocycles. The molecule has 0 aromatic rings. The van der Waals surface area contributed by atoms with E-state index in [0.717, 1.165) is 43.4 Å². The van der Waals surface area contributed by atoms with Crippen LogP contribution >= 0.6 is 11.8 Å². The fraction of sp³-hybridized carbons (Fsp3) is 0.900. The Kier molecular flexibility index (Phi) is 5.67. The van der Waals surface area contributed by atoms with E-state index in [-0.39, 0.29) is 12.1 Å². The first-order valence-electron chi connectivity index (χ1n) is 10.6. The summed E-state index contributed by atoms with van der Waals surface area (Å²) < 4.78 is 0. The molecule has 6 atom stereocenters. The van der Waals surface area contributed by atoms with Crippen molar-refractivity contribution in [2.45, 2.75) is 88.1 Å². The molecule has 3 aliphatic heterocycles. The van der Waals surface area contributed by atoms with Crippen LogP contribution in [0.1, 0.15) is 64.7 Å². The summed E-state index contributed by atoms with van der Waals surface area (Å²) in [6.45, 7) is 3.36. The fourth-order valence-corrected chi connectivity index (χ4v) is 7.17. The minimum absolute atomic E-state index is 0.0122. The van der Waals surface area contributed by atoms with Crippen molar-refractivity contribution < 1.29 is 9.59 Å². The SMILES string of the molecule is CC1CCN(C(=O)CCCC[C@@H]2SC[C@@H]3NC(=O)N[C@@H]32)C2CCCCC12. The number of urea groups is 1. The van der Waals surface area contributed by atoms with Crippen molar-refractivity contribution in [1.82, 2.24) is 15.5 Å². The zero-order valence-corrected chi connectivity index (χ0v) is 16.7. The maximum Gasteiger partial charge on any atom is 0.315 e. The molecule has 26 heavy (non-hydrogen) atoms. The van der Waals surface area contributed by atoms with Gasteiger partial charge in [0.2, 0.25) is 5.91 Å². The monoisotopic (exact) mass is 379 g/mol. The third-order valence-corrected chi connectivity index (χ3v) is 8.63. The van der Waals surface area contributed by atoms with Crippen molar-refractivity contribution in [3.63, 3.8) is 0 Å². The minimum Gasteiger partial charge on any atom is -0.339 e. The number of fused-ring (bicyclic) bond motifs is 2. The highest BCUT2D eigenvalue weighted by Crippen LogP contribution is 2.39. The van der Waals surface area contributed by atoms with E-state index in [2.05, 4.69) is 22.5 Å². The normalized spacial score (nSPS) is 39.1. The lowest BCUT2D eigenvalue weighted by molar-refractivity contribution is -0.139. The summed E-state index contributed by atoms with van der Waals surface area (Å²) in [5.41, 5.74) is 0. The third kappa shape index (κ3) is 3.71. The van der Waals surface area contributed by atoms with E-state index in [1.165, 1.54) is 32.1 Å². The van der Waals surface area contributed by atoms with Gasteiger partial charge in [0.1, 0.15) is 0 Å². The molecule has 0 radical (unpaired) electrons. The van der Waals surface area contributed by atoms with Crippen LogP contribution in [-0.4, -0.2) is 52.5 Å². The van der Waals surface area contributed by atoms with Crippen LogP contribution in [0.5, 0.6) is 0 Å². The van der Waals surface area contributed by atoms with Crippen molar-refractivity contribution >= 4 is 23.7 Å². The highest BCUT2D eigenvalue weighted by molar-refractivity contribution is 8.00. The minimum atomic E-state index is -0.0122. The second kappa shape index (κ2) is 7.99. The van der Waals surface area contributed by atoms with E-state index < -0.39 is 0 Å². The molecule has 2 N–H and O–H groups in total. The van der Waals surface area contributed by atoms with Crippen molar-refractivity contribution in [3.8, 4) is 0 Å². The van der Waals surface area contributed by atoms with Crippen molar-refractivity contribution in [1.29, 1.82) is 0 Å². The van der Waals surface area contributed by atoms with Gasteiger partial charge in [-0.15, -0.1) is 0 Å². The standard InChI is InChI=1S/C20H33N3O2S/c1-13-10-11-23(16-7-3-2-6-14(13)16)18(24)9-5-4-8-17-19-15(12-26-17)21-20(25)22-19/h13-17,19H,2-12H2,1H3,(H2,21,22,25)/t13?,14?,15-,16?,17-,19-/m0/s1. The molecule has 4 fully saturated rings. The molecular formula is C20H33N3O2S. The summed E-state index contributed by atoms with van der Waals surface area (Å²) in [5.74, 6) is 2.93. The molecule has 3 saturated heterocycles. The average Bonchev–Trinajstić information content (AvgIpc) is 3.18. The van der Waals surface area contributed by atoms with Gasteiger partial charge < -0.3 is 15.5 Å². The second-order valence-electron chi connectivity index (χ2n) is 8.74. The van der Waals surface area contributed by atoms with E-state index in [9.17, 15) is 9.59 Å². The Balaban J connectivity index is 1.21. The molecular weight excluding hydrogens is 346 g/mol. The largest absolute Gasteiger partial charge is 0.339 e. The van der Waals surface area contributed by atoms with Crippen LogP contribution in [0, 0.1) is 11.8 Å². The predicted octanol–water partition coefficient (Wildman–Crippen LogP) is 3.14. The Bertz CT molecular complexity index is 543. The van der Waals surface area contributed by atoms with E-state index >= 15 is 0 Å². The second-order valence-corrected chi connectivity index (χ2v) is 10.0. The maximum atomic E-state index is 12.8. The summed E-state index contributed by atoms with van der Waals surface area (Å²) in [6, 6.07) is 1.10. The number of carbonyl (C=O) groups excluding carboxylic acids is 2. The van der Waals surface area contributed by atoms with Crippen LogP contribution < -0.4 is 10.6 Å². The lowest BCUT2D eigenvalue weighted by atomic mass is 9.72. The number of hydrogen-bond acceptors (Lipinski definition) is 3. The molecule has 3 heterocycles. The topological polar surface area (TPSA) is 61.4 Å². The fourth-order valence-electron chi connectivity index (χ4n) is 5.63. The highest BCUT2D eigenvalue weighted by atomic mass is 32.2. The molecule has 146 valence electrons. The molecule has 0 spiro atoms. The molecule has 5 nitrogen and oxygen atoms in total. The van der Waals surface area contributed by atoms with Gasteiger partial charge in [-0.05, 0) is 43.9 Å². The van der Waals surface area contributed by atoms with Crippen LogP contribution in [0.25, 0.3) is 0 Å². The van der Waals surface area contributed by atoms with Crippen LogP contribution in [0.2, 0.25) is 0 Å². The Morgan fingerprint density at radius 1 is 1.19 bits per heavy atom. The van der Waals surface area contributed by atoms with Gasteiger partial charge in [-0.3, -0.25) is 4.79 Å². The molecule has 4 rings (SSSR count). The van der Waals surface area contributed by atoms with Crippen molar-refractivity contribution in [2.75, 3.05) is 12.3 Å². The van der Waals surface area contributed by atoms with Crippen LogP contribution in [0.4, 0.5) is 4.79 Å². The van der Waals surface area contributed by atoms with Gasteiger partial charge in [-0.25, -0.2) is 4.79 Å². The quantitative estimate of drug-likeness (QED) is 0.570. The number of piperidine rings is 1. The zero-order valence-electron chi connectivity index (χ0n) is 15.9. The van der Waals surface area contributed by atoms with Crippen LogP contribution in [0.3, 0.4) is 0 Å². The number of carbonyl (C=O) groups is 2. The molecule has 0 bridgehead atoms. The van der Waals surface area contributed by atoms with E-state index in [4.69, 9.17) is 0 Å². The Hall–Kier alpha value is -0.910. The Morgan fingerprint density at radius 2 is 2.04 bits per heavy atom. The van der Waals surface area contributed by atoms with Gasteiger partial charge in [0, 0.05) is 30.0 Å². The highest BCUT2D eigenvalue weighted by Gasteiger charge is 2.42.